The average Bonchev–Trinajstić information content (AvgIpc) is 2.90. The van der Waals surface area contributed by atoms with Crippen molar-refractivity contribution in [3.8, 4) is 0 Å². The molecule has 3 heteroatoms. The first kappa shape index (κ1) is 13.3. The molecule has 0 saturated carbocycles. The van der Waals surface area contributed by atoms with Crippen molar-refractivity contribution in [2.24, 2.45) is 0 Å². The molecule has 0 aromatic heterocycles. The van der Waals surface area contributed by atoms with Gasteiger partial charge >= 0.3 is 0 Å². The van der Waals surface area contributed by atoms with E-state index in [1.54, 1.807) is 11.9 Å². The summed E-state index contributed by atoms with van der Waals surface area (Å²) in [6.07, 6.45) is 0.241. The van der Waals surface area contributed by atoms with Gasteiger partial charge in [-0.15, -0.1) is 0 Å². The van der Waals surface area contributed by atoms with E-state index in [1.165, 1.54) is 0 Å². The Bertz CT molecular complexity index is 853. The van der Waals surface area contributed by atoms with Gasteiger partial charge in [-0.05, 0) is 48.2 Å². The van der Waals surface area contributed by atoms with Crippen LogP contribution in [0.4, 0.5) is 5.69 Å². The number of amides is 1. The van der Waals surface area contributed by atoms with Crippen LogP contribution >= 0.6 is 0 Å². The first-order chi connectivity index (χ1) is 10.5. The molecule has 1 unspecified atom stereocenters. The molecule has 0 bridgehead atoms. The first-order valence-corrected chi connectivity index (χ1v) is 7.49. The lowest BCUT2D eigenvalue weighted by Gasteiger charge is -2.23. The number of carbonyl (C=O) groups excluding carboxylic acids is 2. The van der Waals surface area contributed by atoms with E-state index in [0.717, 1.165) is 27.9 Å². The number of Topliss-reactive ketones (excluding diaryl/α,β-unsaturated/α-hetero) is 1. The van der Waals surface area contributed by atoms with Gasteiger partial charge in [-0.25, -0.2) is 0 Å². The Morgan fingerprint density at radius 2 is 1.68 bits per heavy atom. The highest BCUT2D eigenvalue weighted by Crippen LogP contribution is 2.52. The van der Waals surface area contributed by atoms with Crippen LogP contribution in [0.5, 0.6) is 0 Å². The van der Waals surface area contributed by atoms with E-state index in [1.807, 2.05) is 50.2 Å². The van der Waals surface area contributed by atoms with Crippen LogP contribution in [0, 0.1) is 13.8 Å². The lowest BCUT2D eigenvalue weighted by atomic mass is 9.76. The van der Waals surface area contributed by atoms with Gasteiger partial charge in [0.15, 0.2) is 5.78 Å². The maximum absolute atomic E-state index is 13.1. The van der Waals surface area contributed by atoms with Crippen LogP contribution in [0.1, 0.15) is 39.0 Å². The standard InChI is InChI=1S/C19H17NO2/c1-11-8-13-15(9-12(11)2)19(10-17(13)21)14-6-4-5-7-16(14)20(3)18(19)22/h4-9H,10H2,1-3H3. The van der Waals surface area contributed by atoms with Gasteiger partial charge in [0.2, 0.25) is 5.91 Å². The Morgan fingerprint density at radius 1 is 1.00 bits per heavy atom. The van der Waals surface area contributed by atoms with Gasteiger partial charge in [-0.2, -0.15) is 0 Å². The van der Waals surface area contributed by atoms with Crippen molar-refractivity contribution in [2.45, 2.75) is 25.7 Å². The number of hydrogen-bond donors (Lipinski definition) is 0. The highest BCUT2D eigenvalue weighted by molar-refractivity contribution is 6.18. The second-order valence-corrected chi connectivity index (χ2v) is 6.37. The maximum atomic E-state index is 13.1. The van der Waals surface area contributed by atoms with E-state index < -0.39 is 5.41 Å². The van der Waals surface area contributed by atoms with Gasteiger partial charge in [0, 0.05) is 24.7 Å². The molecule has 0 fully saturated rings. The van der Waals surface area contributed by atoms with Crippen molar-refractivity contribution in [1.29, 1.82) is 0 Å². The summed E-state index contributed by atoms with van der Waals surface area (Å²) in [5, 5.41) is 0. The van der Waals surface area contributed by atoms with Gasteiger partial charge in [0.25, 0.3) is 0 Å². The molecule has 1 spiro atoms. The summed E-state index contributed by atoms with van der Waals surface area (Å²) in [7, 11) is 1.79. The van der Waals surface area contributed by atoms with Crippen LogP contribution in [-0.4, -0.2) is 18.7 Å². The smallest absolute Gasteiger partial charge is 0.242 e. The molecule has 1 amide bonds. The van der Waals surface area contributed by atoms with Crippen molar-refractivity contribution >= 4 is 17.4 Å². The number of nitrogens with zero attached hydrogens (tertiary/aromatic N) is 1. The summed E-state index contributed by atoms with van der Waals surface area (Å²) in [4.78, 5) is 27.3. The van der Waals surface area contributed by atoms with Gasteiger partial charge in [0.05, 0.1) is 0 Å². The molecule has 22 heavy (non-hydrogen) atoms. The SMILES string of the molecule is Cc1cc2c(cc1C)C1(CC2=O)C(=O)N(C)c2ccccc21. The van der Waals surface area contributed by atoms with Crippen molar-refractivity contribution in [3.05, 3.63) is 64.2 Å². The van der Waals surface area contributed by atoms with Crippen LogP contribution in [0.15, 0.2) is 36.4 Å². The molecule has 2 aromatic carbocycles. The molecule has 0 saturated heterocycles. The number of likely N-dealkylation sites (N-methyl/N-ethyl adjacent to an activating group) is 1. The number of benzene rings is 2. The van der Waals surface area contributed by atoms with E-state index in [4.69, 9.17) is 0 Å². The number of para-hydroxylation sites is 1. The zero-order valence-corrected chi connectivity index (χ0v) is 12.9. The quantitative estimate of drug-likeness (QED) is 0.747. The molecule has 2 aliphatic rings. The minimum Gasteiger partial charge on any atom is -0.314 e. The second kappa shape index (κ2) is 4.07. The fourth-order valence-electron chi connectivity index (χ4n) is 3.90. The minimum atomic E-state index is -0.823. The minimum absolute atomic E-state index is 0.00375. The molecular formula is C19H17NO2. The molecule has 3 nitrogen and oxygen atoms in total. The molecule has 1 aliphatic heterocycles. The number of ketones is 1. The number of rotatable bonds is 0. The molecule has 0 radical (unpaired) electrons. The van der Waals surface area contributed by atoms with Gasteiger partial charge in [0.1, 0.15) is 5.41 Å². The van der Waals surface area contributed by atoms with Crippen molar-refractivity contribution in [2.75, 3.05) is 11.9 Å². The maximum Gasteiger partial charge on any atom is 0.242 e. The summed E-state index contributed by atoms with van der Waals surface area (Å²) >= 11 is 0. The third kappa shape index (κ3) is 1.36. The first-order valence-electron chi connectivity index (χ1n) is 7.49. The summed E-state index contributed by atoms with van der Waals surface area (Å²) in [6.45, 7) is 4.03. The highest BCUT2D eigenvalue weighted by Gasteiger charge is 2.56. The largest absolute Gasteiger partial charge is 0.314 e. The molecule has 4 rings (SSSR count). The van der Waals surface area contributed by atoms with Gasteiger partial charge in [-0.1, -0.05) is 24.3 Å². The van der Waals surface area contributed by atoms with E-state index in [-0.39, 0.29) is 18.1 Å². The fourth-order valence-corrected chi connectivity index (χ4v) is 3.90. The molecule has 110 valence electrons. The number of aryl methyl sites for hydroxylation is 2. The van der Waals surface area contributed by atoms with E-state index in [9.17, 15) is 9.59 Å². The number of carbonyl (C=O) groups is 2. The van der Waals surface area contributed by atoms with Crippen LogP contribution in [0.2, 0.25) is 0 Å². The number of fused-ring (bicyclic) bond motifs is 4. The fraction of sp³-hybridized carbons (Fsp3) is 0.263. The third-order valence-electron chi connectivity index (χ3n) is 5.21. The topological polar surface area (TPSA) is 37.4 Å². The Labute approximate surface area is 129 Å². The molecular weight excluding hydrogens is 274 g/mol. The summed E-state index contributed by atoms with van der Waals surface area (Å²) in [5.41, 5.74) is 4.84. The van der Waals surface area contributed by atoms with Gasteiger partial charge < -0.3 is 4.90 Å². The molecule has 1 heterocycles. The Morgan fingerprint density at radius 3 is 2.45 bits per heavy atom. The zero-order chi connectivity index (χ0) is 15.6. The second-order valence-electron chi connectivity index (χ2n) is 6.37. The average molecular weight is 291 g/mol. The van der Waals surface area contributed by atoms with E-state index in [0.29, 0.717) is 5.56 Å². The predicted molar refractivity (Wildman–Crippen MR) is 85.5 cm³/mol. The zero-order valence-electron chi connectivity index (χ0n) is 12.9. The van der Waals surface area contributed by atoms with E-state index >= 15 is 0 Å². The Kier molecular flexibility index (Phi) is 2.45. The van der Waals surface area contributed by atoms with Crippen LogP contribution in [-0.2, 0) is 10.2 Å². The monoisotopic (exact) mass is 291 g/mol. The Balaban J connectivity index is 2.09. The van der Waals surface area contributed by atoms with Crippen LogP contribution < -0.4 is 4.90 Å². The lowest BCUT2D eigenvalue weighted by molar-refractivity contribution is -0.121. The molecule has 0 N–H and O–H groups in total. The predicted octanol–water partition coefficient (Wildman–Crippen LogP) is 3.15. The number of anilines is 1. The van der Waals surface area contributed by atoms with Gasteiger partial charge in [-0.3, -0.25) is 9.59 Å². The summed E-state index contributed by atoms with van der Waals surface area (Å²) < 4.78 is 0. The molecule has 1 atom stereocenters. The normalized spacial score (nSPS) is 22.4. The lowest BCUT2D eigenvalue weighted by Crippen LogP contribution is -2.38. The van der Waals surface area contributed by atoms with Crippen molar-refractivity contribution in [3.63, 3.8) is 0 Å². The summed E-state index contributed by atoms with van der Waals surface area (Å²) in [5.74, 6) is 0.0700. The summed E-state index contributed by atoms with van der Waals surface area (Å²) in [6, 6.07) is 11.8. The molecule has 1 aliphatic carbocycles. The van der Waals surface area contributed by atoms with E-state index in [2.05, 4.69) is 0 Å². The number of hydrogen-bond acceptors (Lipinski definition) is 2. The highest BCUT2D eigenvalue weighted by atomic mass is 16.2. The van der Waals surface area contributed by atoms with Crippen LogP contribution in [0.3, 0.4) is 0 Å². The molecule has 2 aromatic rings. The van der Waals surface area contributed by atoms with Crippen molar-refractivity contribution < 1.29 is 9.59 Å². The van der Waals surface area contributed by atoms with Crippen molar-refractivity contribution in [1.82, 2.24) is 0 Å². The van der Waals surface area contributed by atoms with Crippen LogP contribution in [0.25, 0.3) is 0 Å². The Hall–Kier alpha value is -2.42. The third-order valence-corrected chi connectivity index (χ3v) is 5.21.